The van der Waals surface area contributed by atoms with Gasteiger partial charge in [-0.1, -0.05) is 37.3 Å². The highest BCUT2D eigenvalue weighted by molar-refractivity contribution is 5.83. The Labute approximate surface area is 148 Å². The first-order valence-electron chi connectivity index (χ1n) is 8.77. The van der Waals surface area contributed by atoms with Gasteiger partial charge in [-0.2, -0.15) is 0 Å². The summed E-state index contributed by atoms with van der Waals surface area (Å²) in [6.07, 6.45) is 3.42. The minimum absolute atomic E-state index is 0.0146. The molecule has 1 saturated carbocycles. The van der Waals surface area contributed by atoms with E-state index in [-0.39, 0.29) is 24.3 Å². The number of benzene rings is 1. The molecule has 0 saturated heterocycles. The normalized spacial score (nSPS) is 19.9. The van der Waals surface area contributed by atoms with Crippen molar-refractivity contribution in [1.82, 2.24) is 10.3 Å². The molecule has 1 aliphatic rings. The molecular weight excluding hydrogens is 316 g/mol. The number of aliphatic hydroxyl groups is 1. The van der Waals surface area contributed by atoms with Crippen molar-refractivity contribution in [2.24, 2.45) is 5.92 Å². The number of nitrogens with zero attached hydrogens (tertiary/aromatic N) is 1. The van der Waals surface area contributed by atoms with Crippen molar-refractivity contribution in [1.29, 1.82) is 0 Å². The van der Waals surface area contributed by atoms with Gasteiger partial charge in [-0.05, 0) is 36.0 Å². The third kappa shape index (κ3) is 4.37. The van der Waals surface area contributed by atoms with Gasteiger partial charge in [-0.25, -0.2) is 4.98 Å². The average molecular weight is 340 g/mol. The highest BCUT2D eigenvalue weighted by Crippen LogP contribution is 2.47. The molecule has 1 amide bonds. The fourth-order valence-electron chi connectivity index (χ4n) is 2.96. The zero-order valence-electron chi connectivity index (χ0n) is 14.4. The zero-order chi connectivity index (χ0) is 17.6. The van der Waals surface area contributed by atoms with Crippen LogP contribution in [0.25, 0.3) is 0 Å². The number of carbonyl (C=O) groups excluding carboxylic acids is 1. The molecule has 1 heterocycles. The molecule has 1 aliphatic carbocycles. The molecule has 0 aliphatic heterocycles. The number of rotatable bonds is 8. The van der Waals surface area contributed by atoms with Gasteiger partial charge in [0, 0.05) is 18.2 Å². The lowest BCUT2D eigenvalue weighted by Crippen LogP contribution is -2.32. The Morgan fingerprint density at radius 2 is 2.12 bits per heavy atom. The van der Waals surface area contributed by atoms with Crippen molar-refractivity contribution >= 4 is 5.91 Å². The van der Waals surface area contributed by atoms with Crippen LogP contribution in [-0.4, -0.2) is 29.2 Å². The highest BCUT2D eigenvalue weighted by atomic mass is 16.5. The SMILES string of the molecule is CCCOc1ccc([C@H](CO)NC(=O)[C@H]2C[C@@H]2c2ccccc2)cn1. The maximum Gasteiger partial charge on any atom is 0.224 e. The van der Waals surface area contributed by atoms with Gasteiger partial charge < -0.3 is 15.2 Å². The van der Waals surface area contributed by atoms with Crippen molar-refractivity contribution in [3.63, 3.8) is 0 Å². The van der Waals surface area contributed by atoms with Crippen molar-refractivity contribution < 1.29 is 14.6 Å². The monoisotopic (exact) mass is 340 g/mol. The number of pyridine rings is 1. The van der Waals surface area contributed by atoms with Gasteiger partial charge in [0.05, 0.1) is 19.3 Å². The van der Waals surface area contributed by atoms with E-state index in [1.165, 1.54) is 5.56 Å². The smallest absolute Gasteiger partial charge is 0.224 e. The van der Waals surface area contributed by atoms with Gasteiger partial charge in [-0.3, -0.25) is 4.79 Å². The van der Waals surface area contributed by atoms with E-state index in [2.05, 4.69) is 22.4 Å². The van der Waals surface area contributed by atoms with Crippen molar-refractivity contribution in [2.75, 3.05) is 13.2 Å². The summed E-state index contributed by atoms with van der Waals surface area (Å²) in [5.74, 6) is 0.805. The molecule has 0 unspecified atom stereocenters. The van der Waals surface area contributed by atoms with E-state index in [0.29, 0.717) is 12.5 Å². The third-order valence-corrected chi connectivity index (χ3v) is 4.47. The van der Waals surface area contributed by atoms with Crippen molar-refractivity contribution in [3.8, 4) is 5.88 Å². The summed E-state index contributed by atoms with van der Waals surface area (Å²) >= 11 is 0. The Balaban J connectivity index is 1.58. The molecule has 3 atom stereocenters. The summed E-state index contributed by atoms with van der Waals surface area (Å²) in [5, 5.41) is 12.6. The number of hydrogen-bond donors (Lipinski definition) is 2. The van der Waals surface area contributed by atoms with Crippen molar-refractivity contribution in [3.05, 3.63) is 59.8 Å². The highest BCUT2D eigenvalue weighted by Gasteiger charge is 2.44. The number of carbonyl (C=O) groups is 1. The Morgan fingerprint density at radius 1 is 1.32 bits per heavy atom. The van der Waals surface area contributed by atoms with Gasteiger partial charge in [0.15, 0.2) is 0 Å². The lowest BCUT2D eigenvalue weighted by molar-refractivity contribution is -0.123. The number of amides is 1. The summed E-state index contributed by atoms with van der Waals surface area (Å²) in [7, 11) is 0. The van der Waals surface area contributed by atoms with Crippen LogP contribution >= 0.6 is 0 Å². The molecule has 1 aromatic heterocycles. The molecule has 0 bridgehead atoms. The maximum absolute atomic E-state index is 12.5. The molecule has 1 aromatic carbocycles. The fourth-order valence-corrected chi connectivity index (χ4v) is 2.96. The molecule has 0 radical (unpaired) electrons. The van der Waals surface area contributed by atoms with Crippen molar-refractivity contribution in [2.45, 2.75) is 31.7 Å². The molecular formula is C20H24N2O3. The summed E-state index contributed by atoms with van der Waals surface area (Å²) in [5.41, 5.74) is 1.97. The van der Waals surface area contributed by atoms with Crippen LogP contribution in [0.1, 0.15) is 42.9 Å². The third-order valence-electron chi connectivity index (χ3n) is 4.47. The lowest BCUT2D eigenvalue weighted by Gasteiger charge is -2.17. The van der Waals surface area contributed by atoms with Gasteiger partial charge >= 0.3 is 0 Å². The van der Waals surface area contributed by atoms with Crippen LogP contribution in [0, 0.1) is 5.92 Å². The molecule has 1 fully saturated rings. The van der Waals surface area contributed by atoms with Gasteiger partial charge in [0.1, 0.15) is 0 Å². The first-order valence-corrected chi connectivity index (χ1v) is 8.77. The molecule has 5 nitrogen and oxygen atoms in total. The maximum atomic E-state index is 12.5. The van der Waals surface area contributed by atoms with E-state index in [4.69, 9.17) is 4.74 Å². The Morgan fingerprint density at radius 3 is 2.76 bits per heavy atom. The lowest BCUT2D eigenvalue weighted by atomic mass is 10.1. The van der Waals surface area contributed by atoms with E-state index in [1.54, 1.807) is 12.3 Å². The predicted octanol–water partition coefficient (Wildman–Crippen LogP) is 2.82. The number of aromatic nitrogens is 1. The summed E-state index contributed by atoms with van der Waals surface area (Å²) in [6, 6.07) is 13.2. The summed E-state index contributed by atoms with van der Waals surface area (Å²) in [6.45, 7) is 2.49. The van der Waals surface area contributed by atoms with Crippen LogP contribution in [0.15, 0.2) is 48.7 Å². The molecule has 5 heteroatoms. The Hall–Kier alpha value is -2.40. The molecule has 2 aromatic rings. The second-order valence-corrected chi connectivity index (χ2v) is 6.38. The largest absolute Gasteiger partial charge is 0.478 e. The minimum Gasteiger partial charge on any atom is -0.478 e. The van der Waals surface area contributed by atoms with E-state index < -0.39 is 6.04 Å². The van der Waals surface area contributed by atoms with Gasteiger partial charge in [0.25, 0.3) is 0 Å². The van der Waals surface area contributed by atoms with Crippen LogP contribution in [0.2, 0.25) is 0 Å². The van der Waals surface area contributed by atoms with Gasteiger partial charge in [0.2, 0.25) is 11.8 Å². The topological polar surface area (TPSA) is 71.5 Å². The second kappa shape index (κ2) is 8.12. The minimum atomic E-state index is -0.447. The van der Waals surface area contributed by atoms with Crippen LogP contribution in [0.5, 0.6) is 5.88 Å². The standard InChI is InChI=1S/C20H24N2O3/c1-2-10-25-19-9-8-15(12-21-19)18(13-23)22-20(24)17-11-16(17)14-6-4-3-5-7-14/h3-9,12,16-18,23H,2,10-11,13H2,1H3,(H,22,24)/t16-,17+,18+/m1/s1. The average Bonchev–Trinajstić information content (AvgIpc) is 3.46. The van der Waals surface area contributed by atoms with Crippen LogP contribution < -0.4 is 10.1 Å². The van der Waals surface area contributed by atoms with Gasteiger partial charge in [-0.15, -0.1) is 0 Å². The number of aliphatic hydroxyl groups excluding tert-OH is 1. The summed E-state index contributed by atoms with van der Waals surface area (Å²) in [4.78, 5) is 16.7. The first kappa shape index (κ1) is 17.4. The van der Waals surface area contributed by atoms with E-state index in [9.17, 15) is 9.90 Å². The Bertz CT molecular complexity index is 688. The Kier molecular flexibility index (Phi) is 5.66. The molecule has 2 N–H and O–H groups in total. The number of hydrogen-bond acceptors (Lipinski definition) is 4. The molecule has 0 spiro atoms. The predicted molar refractivity (Wildman–Crippen MR) is 95.3 cm³/mol. The second-order valence-electron chi connectivity index (χ2n) is 6.38. The van der Waals surface area contributed by atoms with Crippen LogP contribution in [-0.2, 0) is 4.79 Å². The fraction of sp³-hybridized carbons (Fsp3) is 0.400. The molecule has 132 valence electrons. The van der Waals surface area contributed by atoms with Crippen LogP contribution in [0.4, 0.5) is 0 Å². The quantitative estimate of drug-likeness (QED) is 0.775. The van der Waals surface area contributed by atoms with Crippen LogP contribution in [0.3, 0.4) is 0 Å². The van der Waals surface area contributed by atoms with E-state index in [0.717, 1.165) is 18.4 Å². The molecule has 25 heavy (non-hydrogen) atoms. The first-order chi connectivity index (χ1) is 12.2. The van der Waals surface area contributed by atoms with E-state index in [1.807, 2.05) is 31.2 Å². The van der Waals surface area contributed by atoms with E-state index >= 15 is 0 Å². The number of ether oxygens (including phenoxy) is 1. The number of nitrogens with one attached hydrogen (secondary N) is 1. The summed E-state index contributed by atoms with van der Waals surface area (Å²) < 4.78 is 5.45. The molecule has 3 rings (SSSR count). The zero-order valence-corrected chi connectivity index (χ0v) is 14.4.